The van der Waals surface area contributed by atoms with E-state index in [0.717, 1.165) is 6.42 Å². The number of hydrogen-bond donors (Lipinski definition) is 2. The zero-order chi connectivity index (χ0) is 19.9. The standard InChI is InChI=1S/C23H33N3O2/c1-2-21(24)23(28)25-20(14-17-8-4-3-5-9-17)12-13-22(27)26-15-18-10-6-7-11-19(18)16-26/h6-7,10-13,17,20-21H,2-5,8-9,14-16,24H2,1H3,(H,25,28). The van der Waals surface area contributed by atoms with Crippen LogP contribution in [0.15, 0.2) is 36.4 Å². The summed E-state index contributed by atoms with van der Waals surface area (Å²) in [6, 6.07) is 7.54. The Morgan fingerprint density at radius 3 is 2.43 bits per heavy atom. The summed E-state index contributed by atoms with van der Waals surface area (Å²) in [5.41, 5.74) is 8.32. The second-order valence-electron chi connectivity index (χ2n) is 8.19. The molecule has 0 saturated heterocycles. The van der Waals surface area contributed by atoms with Gasteiger partial charge >= 0.3 is 0 Å². The molecule has 5 nitrogen and oxygen atoms in total. The van der Waals surface area contributed by atoms with Crippen LogP contribution in [0.25, 0.3) is 0 Å². The fourth-order valence-corrected chi connectivity index (χ4v) is 4.24. The largest absolute Gasteiger partial charge is 0.349 e. The number of nitrogens with one attached hydrogen (secondary N) is 1. The van der Waals surface area contributed by atoms with Gasteiger partial charge in [0.2, 0.25) is 11.8 Å². The summed E-state index contributed by atoms with van der Waals surface area (Å²) in [6.45, 7) is 3.21. The van der Waals surface area contributed by atoms with E-state index in [0.29, 0.717) is 25.4 Å². The van der Waals surface area contributed by atoms with Crippen LogP contribution in [0.3, 0.4) is 0 Å². The average molecular weight is 384 g/mol. The molecule has 2 aliphatic rings. The number of carbonyl (C=O) groups excluding carboxylic acids is 2. The highest BCUT2D eigenvalue weighted by Crippen LogP contribution is 2.28. The SMILES string of the molecule is CCC(N)C(=O)NC(C=CC(=O)N1Cc2ccccc2C1)CC1CCCCC1. The molecule has 1 heterocycles. The molecule has 2 amide bonds. The second kappa shape index (κ2) is 9.87. The molecule has 152 valence electrons. The maximum absolute atomic E-state index is 12.7. The van der Waals surface area contributed by atoms with Gasteiger partial charge in [0.1, 0.15) is 0 Å². The summed E-state index contributed by atoms with van der Waals surface area (Å²) in [6.07, 6.45) is 11.2. The minimum Gasteiger partial charge on any atom is -0.349 e. The Hall–Kier alpha value is -2.14. The molecular formula is C23H33N3O2. The summed E-state index contributed by atoms with van der Waals surface area (Å²) >= 11 is 0. The predicted octanol–water partition coefficient (Wildman–Crippen LogP) is 3.28. The van der Waals surface area contributed by atoms with Crippen molar-refractivity contribution in [2.45, 2.75) is 77.0 Å². The molecule has 5 heteroatoms. The minimum absolute atomic E-state index is 0.00103. The maximum Gasteiger partial charge on any atom is 0.246 e. The van der Waals surface area contributed by atoms with Crippen LogP contribution in [0, 0.1) is 5.92 Å². The Bertz CT molecular complexity index is 685. The summed E-state index contributed by atoms with van der Waals surface area (Å²) < 4.78 is 0. The fourth-order valence-electron chi connectivity index (χ4n) is 4.24. The summed E-state index contributed by atoms with van der Waals surface area (Å²) in [7, 11) is 0. The van der Waals surface area contributed by atoms with E-state index < -0.39 is 6.04 Å². The number of nitrogens with zero attached hydrogens (tertiary/aromatic N) is 1. The van der Waals surface area contributed by atoms with Gasteiger partial charge in [0.05, 0.1) is 6.04 Å². The van der Waals surface area contributed by atoms with Crippen molar-refractivity contribution in [1.82, 2.24) is 10.2 Å². The highest BCUT2D eigenvalue weighted by Gasteiger charge is 2.23. The lowest BCUT2D eigenvalue weighted by Gasteiger charge is -2.26. The average Bonchev–Trinajstić information content (AvgIpc) is 3.16. The number of nitrogens with two attached hydrogens (primary N) is 1. The third kappa shape index (κ3) is 5.44. The van der Waals surface area contributed by atoms with Crippen LogP contribution < -0.4 is 11.1 Å². The van der Waals surface area contributed by atoms with Crippen molar-refractivity contribution in [2.75, 3.05) is 0 Å². The predicted molar refractivity (Wildman–Crippen MR) is 111 cm³/mol. The molecule has 0 bridgehead atoms. The van der Waals surface area contributed by atoms with Gasteiger partial charge in [-0.25, -0.2) is 0 Å². The van der Waals surface area contributed by atoms with Gasteiger partial charge in [0, 0.05) is 25.2 Å². The first kappa shape index (κ1) is 20.6. The zero-order valence-electron chi connectivity index (χ0n) is 16.9. The number of amides is 2. The van der Waals surface area contributed by atoms with Gasteiger partial charge in [-0.1, -0.05) is 69.4 Å². The van der Waals surface area contributed by atoms with Gasteiger partial charge in [-0.2, -0.15) is 0 Å². The van der Waals surface area contributed by atoms with Crippen molar-refractivity contribution < 1.29 is 9.59 Å². The molecule has 0 radical (unpaired) electrons. The van der Waals surface area contributed by atoms with E-state index in [-0.39, 0.29) is 17.9 Å². The van der Waals surface area contributed by atoms with Crippen molar-refractivity contribution in [2.24, 2.45) is 11.7 Å². The Kier molecular flexibility index (Phi) is 7.26. The quantitative estimate of drug-likeness (QED) is 0.710. The first-order valence-corrected chi connectivity index (χ1v) is 10.7. The lowest BCUT2D eigenvalue weighted by atomic mass is 9.84. The van der Waals surface area contributed by atoms with E-state index in [4.69, 9.17) is 5.73 Å². The lowest BCUT2D eigenvalue weighted by molar-refractivity contribution is -0.127. The molecule has 1 aliphatic heterocycles. The molecule has 1 saturated carbocycles. The van der Waals surface area contributed by atoms with Crippen LogP contribution in [-0.4, -0.2) is 28.8 Å². The van der Waals surface area contributed by atoms with Crippen molar-refractivity contribution in [3.63, 3.8) is 0 Å². The Morgan fingerprint density at radius 1 is 1.18 bits per heavy atom. The minimum atomic E-state index is -0.494. The molecule has 0 aromatic heterocycles. The van der Waals surface area contributed by atoms with Crippen molar-refractivity contribution in [3.05, 3.63) is 47.5 Å². The van der Waals surface area contributed by atoms with Gasteiger partial charge in [0.15, 0.2) is 0 Å². The number of benzene rings is 1. The van der Waals surface area contributed by atoms with E-state index in [1.54, 1.807) is 6.08 Å². The summed E-state index contributed by atoms with van der Waals surface area (Å²) in [4.78, 5) is 26.8. The maximum atomic E-state index is 12.7. The lowest BCUT2D eigenvalue weighted by Crippen LogP contribution is -2.45. The van der Waals surface area contributed by atoms with Crippen LogP contribution in [0.1, 0.15) is 63.0 Å². The van der Waals surface area contributed by atoms with E-state index in [1.807, 2.05) is 30.0 Å². The topological polar surface area (TPSA) is 75.4 Å². The van der Waals surface area contributed by atoms with E-state index in [1.165, 1.54) is 43.2 Å². The first-order chi connectivity index (χ1) is 13.6. The monoisotopic (exact) mass is 383 g/mol. The number of rotatable bonds is 7. The summed E-state index contributed by atoms with van der Waals surface area (Å²) in [5, 5.41) is 3.06. The molecule has 3 rings (SSSR count). The number of fused-ring (bicyclic) bond motifs is 1. The smallest absolute Gasteiger partial charge is 0.246 e. The Labute approximate surface area is 168 Å². The third-order valence-electron chi connectivity index (χ3n) is 6.04. The molecule has 2 atom stereocenters. The second-order valence-corrected chi connectivity index (χ2v) is 8.19. The van der Waals surface area contributed by atoms with Gasteiger partial charge in [0.25, 0.3) is 0 Å². The Morgan fingerprint density at radius 2 is 1.82 bits per heavy atom. The van der Waals surface area contributed by atoms with Gasteiger partial charge < -0.3 is 16.0 Å². The first-order valence-electron chi connectivity index (χ1n) is 10.7. The third-order valence-corrected chi connectivity index (χ3v) is 6.04. The van der Waals surface area contributed by atoms with Gasteiger partial charge in [-0.05, 0) is 29.9 Å². The number of carbonyl (C=O) groups is 2. The highest BCUT2D eigenvalue weighted by atomic mass is 16.2. The zero-order valence-corrected chi connectivity index (χ0v) is 16.9. The molecule has 1 fully saturated rings. The van der Waals surface area contributed by atoms with Crippen molar-refractivity contribution in [3.8, 4) is 0 Å². The molecule has 1 aromatic carbocycles. The van der Waals surface area contributed by atoms with Crippen LogP contribution in [0.5, 0.6) is 0 Å². The molecule has 28 heavy (non-hydrogen) atoms. The van der Waals surface area contributed by atoms with E-state index in [2.05, 4.69) is 17.4 Å². The van der Waals surface area contributed by atoms with Crippen molar-refractivity contribution in [1.29, 1.82) is 0 Å². The van der Waals surface area contributed by atoms with Crippen molar-refractivity contribution >= 4 is 11.8 Å². The van der Waals surface area contributed by atoms with Gasteiger partial charge in [-0.15, -0.1) is 0 Å². The highest BCUT2D eigenvalue weighted by molar-refractivity contribution is 5.88. The normalized spacial score (nSPS) is 19.4. The molecular weight excluding hydrogens is 350 g/mol. The Balaban J connectivity index is 1.62. The fraction of sp³-hybridized carbons (Fsp3) is 0.565. The van der Waals surface area contributed by atoms with E-state index in [9.17, 15) is 9.59 Å². The molecule has 1 aliphatic carbocycles. The van der Waals surface area contributed by atoms with Crippen LogP contribution in [0.2, 0.25) is 0 Å². The van der Waals surface area contributed by atoms with Crippen LogP contribution >= 0.6 is 0 Å². The van der Waals surface area contributed by atoms with E-state index >= 15 is 0 Å². The molecule has 2 unspecified atom stereocenters. The molecule has 0 spiro atoms. The molecule has 1 aromatic rings. The number of hydrogen-bond acceptors (Lipinski definition) is 3. The summed E-state index contributed by atoms with van der Waals surface area (Å²) in [5.74, 6) is 0.473. The van der Waals surface area contributed by atoms with Crippen LogP contribution in [0.4, 0.5) is 0 Å². The molecule has 3 N–H and O–H groups in total. The van der Waals surface area contributed by atoms with Crippen LogP contribution in [-0.2, 0) is 22.7 Å². The van der Waals surface area contributed by atoms with Gasteiger partial charge in [-0.3, -0.25) is 9.59 Å².